The molecule has 2 nitrogen and oxygen atoms in total. The fraction of sp³-hybridized carbons (Fsp3) is 0.143. The molecule has 1 rings (SSSR count). The summed E-state index contributed by atoms with van der Waals surface area (Å²) in [6.07, 6.45) is 0. The second-order valence-electron chi connectivity index (χ2n) is 2.45. The Morgan fingerprint density at radius 1 is 1.00 bits per heavy atom. The fourth-order valence-electron chi connectivity index (χ4n) is 0.976. The van der Waals surface area contributed by atoms with Crippen molar-refractivity contribution in [2.24, 2.45) is 0 Å². The summed E-state index contributed by atoms with van der Waals surface area (Å²) in [5, 5.41) is 0. The number of nitrogen functional groups attached to an aromatic ring is 2. The van der Waals surface area contributed by atoms with Crippen molar-refractivity contribution < 1.29 is 0 Å². The van der Waals surface area contributed by atoms with E-state index in [4.69, 9.17) is 11.5 Å². The minimum Gasteiger partial charge on any atom is -0.398 e. The van der Waals surface area contributed by atoms with E-state index in [9.17, 15) is 0 Å². The van der Waals surface area contributed by atoms with Crippen molar-refractivity contribution in [2.45, 2.75) is 3.41 Å². The van der Waals surface area contributed by atoms with Crippen molar-refractivity contribution in [2.75, 3.05) is 11.5 Å². The molecule has 66 valence electrons. The summed E-state index contributed by atoms with van der Waals surface area (Å²) in [7, 11) is 0. The highest BCUT2D eigenvalue weighted by Crippen LogP contribution is 2.42. The molecule has 0 spiro atoms. The lowest BCUT2D eigenvalue weighted by Crippen LogP contribution is -2.09. The molecule has 4 N–H and O–H groups in total. The number of hydrogen-bond donors (Lipinski definition) is 5. The molecule has 0 saturated heterocycles. The summed E-state index contributed by atoms with van der Waals surface area (Å²) in [5.41, 5.74) is 13.1. The first-order chi connectivity index (χ1) is 5.43. The Kier molecular flexibility index (Phi) is 2.75. The van der Waals surface area contributed by atoms with Gasteiger partial charge in [0.2, 0.25) is 0 Å². The number of benzene rings is 1. The molecule has 0 bridgehead atoms. The predicted octanol–water partition coefficient (Wildman–Crippen LogP) is 1.75. The molecular weight excluding hydrogens is 208 g/mol. The lowest BCUT2D eigenvalue weighted by molar-refractivity contribution is 1.34. The van der Waals surface area contributed by atoms with Crippen LogP contribution in [0.1, 0.15) is 5.56 Å². The van der Waals surface area contributed by atoms with Crippen LogP contribution >= 0.6 is 37.9 Å². The first kappa shape index (κ1) is 9.95. The van der Waals surface area contributed by atoms with Crippen LogP contribution < -0.4 is 11.5 Å². The predicted molar refractivity (Wildman–Crippen MR) is 63.9 cm³/mol. The zero-order valence-corrected chi connectivity index (χ0v) is 8.91. The van der Waals surface area contributed by atoms with Crippen LogP contribution in [0.25, 0.3) is 0 Å². The third kappa shape index (κ3) is 1.97. The topological polar surface area (TPSA) is 52.0 Å². The number of nitrogens with two attached hydrogens (primary N) is 2. The Morgan fingerprint density at radius 2 is 1.42 bits per heavy atom. The Morgan fingerprint density at radius 3 is 1.67 bits per heavy atom. The van der Waals surface area contributed by atoms with Crippen LogP contribution in [0, 0.1) is 0 Å². The molecule has 0 fully saturated rings. The van der Waals surface area contributed by atoms with Crippen LogP contribution in [0.2, 0.25) is 0 Å². The van der Waals surface area contributed by atoms with Crippen LogP contribution in [-0.4, -0.2) is 0 Å². The molecule has 0 saturated carbocycles. The highest BCUT2D eigenvalue weighted by Gasteiger charge is 2.22. The zero-order valence-electron chi connectivity index (χ0n) is 6.23. The Hall–Kier alpha value is -0.130. The monoisotopic (exact) mass is 218 g/mol. The second kappa shape index (κ2) is 3.32. The third-order valence-electron chi connectivity index (χ3n) is 1.46. The summed E-state index contributed by atoms with van der Waals surface area (Å²) in [5.74, 6) is 0. The molecule has 0 aromatic heterocycles. The molecular formula is C7H10N2S3. The average Bonchev–Trinajstić information content (AvgIpc) is 1.82. The highest BCUT2D eigenvalue weighted by atomic mass is 32.2. The summed E-state index contributed by atoms with van der Waals surface area (Å²) in [4.78, 5) is 0. The van der Waals surface area contributed by atoms with Crippen molar-refractivity contribution in [3.8, 4) is 0 Å². The molecule has 0 aliphatic carbocycles. The van der Waals surface area contributed by atoms with Crippen molar-refractivity contribution in [3.63, 3.8) is 0 Å². The van der Waals surface area contributed by atoms with Gasteiger partial charge in [-0.15, -0.1) is 37.9 Å². The van der Waals surface area contributed by atoms with E-state index in [-0.39, 0.29) is 0 Å². The lowest BCUT2D eigenvalue weighted by Gasteiger charge is -2.20. The van der Waals surface area contributed by atoms with Crippen molar-refractivity contribution in [3.05, 3.63) is 23.8 Å². The Labute approximate surface area is 87.9 Å². The maximum absolute atomic E-state index is 5.68. The van der Waals surface area contributed by atoms with Crippen molar-refractivity contribution in [1.82, 2.24) is 0 Å². The lowest BCUT2D eigenvalue weighted by atomic mass is 10.1. The standard InChI is InChI=1S/C7H10N2S3/c8-4-2-1-3-5(9)6(4)7(10,11)12/h1-3,10-12H,8-9H2. The SMILES string of the molecule is Nc1cccc(N)c1C(S)(S)S. The van der Waals surface area contributed by atoms with E-state index in [0.717, 1.165) is 0 Å². The molecule has 0 atom stereocenters. The second-order valence-corrected chi connectivity index (χ2v) is 5.52. The van der Waals surface area contributed by atoms with Gasteiger partial charge < -0.3 is 11.5 Å². The Balaban J connectivity index is 3.31. The summed E-state index contributed by atoms with van der Waals surface area (Å²) in [6, 6.07) is 5.25. The minimum absolute atomic E-state index is 0.551. The van der Waals surface area contributed by atoms with Gasteiger partial charge in [-0.05, 0) is 12.1 Å². The summed E-state index contributed by atoms with van der Waals surface area (Å²) < 4.78 is -0.893. The zero-order chi connectivity index (χ0) is 9.35. The van der Waals surface area contributed by atoms with Crippen LogP contribution in [0.5, 0.6) is 0 Å². The molecule has 0 unspecified atom stereocenters. The summed E-state index contributed by atoms with van der Waals surface area (Å²) in [6.45, 7) is 0. The number of anilines is 2. The molecule has 0 amide bonds. The molecule has 0 aliphatic heterocycles. The minimum atomic E-state index is -0.893. The van der Waals surface area contributed by atoms with E-state index < -0.39 is 3.41 Å². The van der Waals surface area contributed by atoms with E-state index in [0.29, 0.717) is 16.9 Å². The van der Waals surface area contributed by atoms with Crippen molar-refractivity contribution in [1.29, 1.82) is 0 Å². The largest absolute Gasteiger partial charge is 0.398 e. The number of hydrogen-bond acceptors (Lipinski definition) is 5. The highest BCUT2D eigenvalue weighted by molar-refractivity contribution is 8.15. The van der Waals surface area contributed by atoms with Gasteiger partial charge in [-0.25, -0.2) is 0 Å². The average molecular weight is 218 g/mol. The number of rotatable bonds is 1. The third-order valence-corrected chi connectivity index (χ3v) is 2.14. The van der Waals surface area contributed by atoms with Gasteiger partial charge in [-0.1, -0.05) is 6.07 Å². The molecule has 12 heavy (non-hydrogen) atoms. The van der Waals surface area contributed by atoms with Gasteiger partial charge in [0.1, 0.15) is 3.41 Å². The molecule has 5 heteroatoms. The smallest absolute Gasteiger partial charge is 0.128 e. The van der Waals surface area contributed by atoms with Gasteiger partial charge >= 0.3 is 0 Å². The molecule has 0 radical (unpaired) electrons. The normalized spacial score (nSPS) is 11.6. The van der Waals surface area contributed by atoms with E-state index in [1.807, 2.05) is 0 Å². The fourth-order valence-corrected chi connectivity index (χ4v) is 1.75. The van der Waals surface area contributed by atoms with Crippen LogP contribution in [-0.2, 0) is 3.41 Å². The quantitative estimate of drug-likeness (QED) is 0.283. The molecule has 0 aliphatic rings. The van der Waals surface area contributed by atoms with Gasteiger partial charge in [-0.2, -0.15) is 0 Å². The van der Waals surface area contributed by atoms with Gasteiger partial charge in [-0.3, -0.25) is 0 Å². The first-order valence-electron chi connectivity index (χ1n) is 3.24. The van der Waals surface area contributed by atoms with Gasteiger partial charge in [0.05, 0.1) is 0 Å². The Bertz CT molecular complexity index is 273. The number of thiol groups is 3. The van der Waals surface area contributed by atoms with Gasteiger partial charge in [0, 0.05) is 16.9 Å². The van der Waals surface area contributed by atoms with E-state index >= 15 is 0 Å². The van der Waals surface area contributed by atoms with Gasteiger partial charge in [0.15, 0.2) is 0 Å². The van der Waals surface area contributed by atoms with Crippen LogP contribution in [0.4, 0.5) is 11.4 Å². The maximum atomic E-state index is 5.68. The van der Waals surface area contributed by atoms with Crippen molar-refractivity contribution >= 4 is 49.3 Å². The van der Waals surface area contributed by atoms with E-state index in [1.54, 1.807) is 18.2 Å². The van der Waals surface area contributed by atoms with E-state index in [2.05, 4.69) is 37.9 Å². The maximum Gasteiger partial charge on any atom is 0.128 e. The van der Waals surface area contributed by atoms with Crippen LogP contribution in [0.3, 0.4) is 0 Å². The molecule has 0 heterocycles. The molecule has 1 aromatic carbocycles. The summed E-state index contributed by atoms with van der Waals surface area (Å²) >= 11 is 12.5. The molecule has 1 aromatic rings. The van der Waals surface area contributed by atoms with Crippen LogP contribution in [0.15, 0.2) is 18.2 Å². The van der Waals surface area contributed by atoms with E-state index in [1.165, 1.54) is 0 Å². The first-order valence-corrected chi connectivity index (χ1v) is 4.58. The van der Waals surface area contributed by atoms with Gasteiger partial charge in [0.25, 0.3) is 0 Å².